The molecular formula is C14H22ClN3O2. The Balaban J connectivity index is 2.17. The van der Waals surface area contributed by atoms with Crippen LogP contribution in [0.25, 0.3) is 0 Å². The summed E-state index contributed by atoms with van der Waals surface area (Å²) < 4.78 is 10.7. The van der Waals surface area contributed by atoms with E-state index >= 15 is 0 Å². The Labute approximate surface area is 125 Å². The Kier molecular flexibility index (Phi) is 5.10. The van der Waals surface area contributed by atoms with Crippen LogP contribution in [0.5, 0.6) is 11.5 Å². The summed E-state index contributed by atoms with van der Waals surface area (Å²) in [5, 5.41) is 0.578. The summed E-state index contributed by atoms with van der Waals surface area (Å²) in [5.74, 6) is 1.33. The van der Waals surface area contributed by atoms with Gasteiger partial charge in [-0.05, 0) is 38.8 Å². The molecule has 5 nitrogen and oxygen atoms in total. The number of likely N-dealkylation sites (N-methyl/N-ethyl adjacent to an activating group) is 2. The van der Waals surface area contributed by atoms with Gasteiger partial charge < -0.3 is 20.1 Å². The van der Waals surface area contributed by atoms with Gasteiger partial charge in [0.25, 0.3) is 0 Å². The van der Waals surface area contributed by atoms with Crippen molar-refractivity contribution >= 4 is 11.6 Å². The summed E-state index contributed by atoms with van der Waals surface area (Å²) in [5.41, 5.74) is 7.00. The molecule has 1 aromatic carbocycles. The Hall–Kier alpha value is -1.01. The molecule has 0 spiro atoms. The van der Waals surface area contributed by atoms with Gasteiger partial charge in [0, 0.05) is 25.7 Å². The van der Waals surface area contributed by atoms with E-state index in [0.717, 1.165) is 18.7 Å². The van der Waals surface area contributed by atoms with E-state index in [1.54, 1.807) is 0 Å². The Bertz CT molecular complexity index is 468. The van der Waals surface area contributed by atoms with Crippen LogP contribution < -0.4 is 15.2 Å². The van der Waals surface area contributed by atoms with Gasteiger partial charge in [0.2, 0.25) is 6.79 Å². The molecule has 0 saturated carbocycles. The summed E-state index contributed by atoms with van der Waals surface area (Å²) in [4.78, 5) is 4.38. The van der Waals surface area contributed by atoms with Crippen LogP contribution in [0.15, 0.2) is 12.1 Å². The minimum absolute atomic E-state index is 0.113. The van der Waals surface area contributed by atoms with Crippen molar-refractivity contribution in [1.29, 1.82) is 0 Å². The molecule has 1 aliphatic heterocycles. The molecule has 1 atom stereocenters. The third-order valence-electron chi connectivity index (χ3n) is 3.49. The summed E-state index contributed by atoms with van der Waals surface area (Å²) in [6.07, 6.45) is 0. The topological polar surface area (TPSA) is 51.0 Å². The molecule has 1 unspecified atom stereocenters. The molecule has 0 fully saturated rings. The molecular weight excluding hydrogens is 278 g/mol. The zero-order chi connectivity index (χ0) is 14.7. The van der Waals surface area contributed by atoms with Gasteiger partial charge in [-0.2, -0.15) is 0 Å². The van der Waals surface area contributed by atoms with Crippen molar-refractivity contribution in [3.05, 3.63) is 22.7 Å². The van der Waals surface area contributed by atoms with Gasteiger partial charge in [-0.1, -0.05) is 11.6 Å². The molecule has 0 amide bonds. The minimum Gasteiger partial charge on any atom is -0.454 e. The first-order chi connectivity index (χ1) is 9.52. The highest BCUT2D eigenvalue weighted by Crippen LogP contribution is 2.41. The fourth-order valence-corrected chi connectivity index (χ4v) is 2.54. The van der Waals surface area contributed by atoms with E-state index in [2.05, 4.69) is 30.9 Å². The Morgan fingerprint density at radius 2 is 2.00 bits per heavy atom. The van der Waals surface area contributed by atoms with Crippen molar-refractivity contribution in [2.24, 2.45) is 5.73 Å². The highest BCUT2D eigenvalue weighted by Gasteiger charge is 2.23. The fourth-order valence-electron chi connectivity index (χ4n) is 2.26. The van der Waals surface area contributed by atoms with Crippen LogP contribution in [0.3, 0.4) is 0 Å². The highest BCUT2D eigenvalue weighted by molar-refractivity contribution is 6.32. The second-order valence-corrected chi connectivity index (χ2v) is 5.68. The molecule has 20 heavy (non-hydrogen) atoms. The maximum absolute atomic E-state index is 6.24. The van der Waals surface area contributed by atoms with Gasteiger partial charge in [0.1, 0.15) is 0 Å². The SMILES string of the molecule is CN(C)CCN(C)C(CN)c1cc(Cl)c2c(c1)OCO2. The summed E-state index contributed by atoms with van der Waals surface area (Å²) in [7, 11) is 6.19. The number of fused-ring (bicyclic) bond motifs is 1. The van der Waals surface area contributed by atoms with Crippen molar-refractivity contribution in [2.45, 2.75) is 6.04 Å². The average molecular weight is 300 g/mol. The van der Waals surface area contributed by atoms with Crippen LogP contribution in [0.2, 0.25) is 5.02 Å². The molecule has 6 heteroatoms. The van der Waals surface area contributed by atoms with E-state index in [9.17, 15) is 0 Å². The smallest absolute Gasteiger partial charge is 0.231 e. The largest absolute Gasteiger partial charge is 0.454 e. The lowest BCUT2D eigenvalue weighted by Gasteiger charge is -2.28. The van der Waals surface area contributed by atoms with Crippen molar-refractivity contribution in [2.75, 3.05) is 47.6 Å². The van der Waals surface area contributed by atoms with Crippen LogP contribution in [0.4, 0.5) is 0 Å². The molecule has 0 aliphatic carbocycles. The Morgan fingerprint density at radius 3 is 2.65 bits per heavy atom. The number of hydrogen-bond donors (Lipinski definition) is 1. The number of halogens is 1. The second kappa shape index (κ2) is 6.63. The number of ether oxygens (including phenoxy) is 2. The average Bonchev–Trinajstić information content (AvgIpc) is 2.86. The molecule has 1 aliphatic rings. The first-order valence-corrected chi connectivity index (χ1v) is 7.04. The lowest BCUT2D eigenvalue weighted by Crippen LogP contribution is -2.35. The minimum atomic E-state index is 0.113. The predicted molar refractivity (Wildman–Crippen MR) is 80.6 cm³/mol. The van der Waals surface area contributed by atoms with Gasteiger partial charge in [-0.3, -0.25) is 4.90 Å². The fraction of sp³-hybridized carbons (Fsp3) is 0.571. The third-order valence-corrected chi connectivity index (χ3v) is 3.77. The Morgan fingerprint density at radius 1 is 1.25 bits per heavy atom. The predicted octanol–water partition coefficient (Wildman–Crippen LogP) is 1.56. The van der Waals surface area contributed by atoms with Crippen LogP contribution in [-0.2, 0) is 0 Å². The van der Waals surface area contributed by atoms with E-state index in [1.807, 2.05) is 12.1 Å². The third kappa shape index (κ3) is 3.35. The summed E-state index contributed by atoms with van der Waals surface area (Å²) in [6.45, 7) is 2.66. The molecule has 0 radical (unpaired) electrons. The number of nitrogens with zero attached hydrogens (tertiary/aromatic N) is 2. The zero-order valence-corrected chi connectivity index (χ0v) is 13.0. The lowest BCUT2D eigenvalue weighted by molar-refractivity contribution is 0.173. The quantitative estimate of drug-likeness (QED) is 0.864. The maximum Gasteiger partial charge on any atom is 0.231 e. The molecule has 0 bridgehead atoms. The molecule has 1 heterocycles. The van der Waals surface area contributed by atoms with E-state index in [4.69, 9.17) is 26.8 Å². The van der Waals surface area contributed by atoms with Crippen LogP contribution in [0, 0.1) is 0 Å². The zero-order valence-electron chi connectivity index (χ0n) is 12.2. The first-order valence-electron chi connectivity index (χ1n) is 6.67. The molecule has 112 valence electrons. The van der Waals surface area contributed by atoms with Crippen molar-refractivity contribution in [1.82, 2.24) is 9.80 Å². The number of nitrogens with two attached hydrogens (primary N) is 1. The van der Waals surface area contributed by atoms with Gasteiger partial charge in [0.05, 0.1) is 5.02 Å². The highest BCUT2D eigenvalue weighted by atomic mass is 35.5. The van der Waals surface area contributed by atoms with Crippen LogP contribution in [0.1, 0.15) is 11.6 Å². The second-order valence-electron chi connectivity index (χ2n) is 5.27. The molecule has 2 N–H and O–H groups in total. The van der Waals surface area contributed by atoms with Gasteiger partial charge in [-0.15, -0.1) is 0 Å². The van der Waals surface area contributed by atoms with Crippen molar-refractivity contribution < 1.29 is 9.47 Å². The molecule has 0 saturated heterocycles. The molecule has 1 aromatic rings. The summed E-state index contributed by atoms with van der Waals surface area (Å²) in [6, 6.07) is 4.00. The maximum atomic E-state index is 6.24. The monoisotopic (exact) mass is 299 g/mol. The standard InChI is InChI=1S/C14H22ClN3O2/c1-17(2)4-5-18(3)12(8-16)10-6-11(15)14-13(7-10)19-9-20-14/h6-7,12H,4-5,8-9,16H2,1-3H3. The number of benzene rings is 1. The number of hydrogen-bond acceptors (Lipinski definition) is 5. The van der Waals surface area contributed by atoms with Crippen molar-refractivity contribution in [3.63, 3.8) is 0 Å². The van der Waals surface area contributed by atoms with E-state index < -0.39 is 0 Å². The van der Waals surface area contributed by atoms with Gasteiger partial charge in [-0.25, -0.2) is 0 Å². The molecule has 0 aromatic heterocycles. The summed E-state index contributed by atoms with van der Waals surface area (Å²) >= 11 is 6.24. The van der Waals surface area contributed by atoms with Gasteiger partial charge >= 0.3 is 0 Å². The van der Waals surface area contributed by atoms with E-state index in [0.29, 0.717) is 23.1 Å². The normalized spacial score (nSPS) is 15.2. The van der Waals surface area contributed by atoms with Gasteiger partial charge in [0.15, 0.2) is 11.5 Å². The van der Waals surface area contributed by atoms with Crippen LogP contribution in [-0.4, -0.2) is 57.4 Å². The number of rotatable bonds is 6. The molecule has 2 rings (SSSR count). The van der Waals surface area contributed by atoms with E-state index in [-0.39, 0.29) is 12.8 Å². The van der Waals surface area contributed by atoms with Crippen LogP contribution >= 0.6 is 11.6 Å². The lowest BCUT2D eigenvalue weighted by atomic mass is 10.0. The van der Waals surface area contributed by atoms with Crippen molar-refractivity contribution in [3.8, 4) is 11.5 Å². The van der Waals surface area contributed by atoms with E-state index in [1.165, 1.54) is 0 Å². The first kappa shape index (κ1) is 15.4.